The molecule has 1 aromatic rings. The van der Waals surface area contributed by atoms with E-state index in [1.807, 2.05) is 0 Å². The van der Waals surface area contributed by atoms with Crippen molar-refractivity contribution in [2.45, 2.75) is 11.2 Å². The minimum Gasteiger partial charge on any atom is -0.304 e. The summed E-state index contributed by atoms with van der Waals surface area (Å²) >= 11 is 1.34. The standard InChI is InChI=1S/C8H10N4OS/c1-10-6(4-9)5-14-8-11-3-2-7(13)12-8/h2-3,6,10H,5H2,1H3,(H,11,12,13). The Morgan fingerprint density at radius 3 is 3.21 bits per heavy atom. The predicted molar refractivity (Wildman–Crippen MR) is 54.0 cm³/mol. The summed E-state index contributed by atoms with van der Waals surface area (Å²) in [5, 5.41) is 12.0. The summed E-state index contributed by atoms with van der Waals surface area (Å²) in [6, 6.07) is 3.20. The first-order valence-electron chi connectivity index (χ1n) is 4.01. The minimum atomic E-state index is -0.231. The minimum absolute atomic E-state index is 0.180. The Balaban J connectivity index is 2.54. The predicted octanol–water partition coefficient (Wildman–Crippen LogP) is -0.0264. The van der Waals surface area contributed by atoms with E-state index in [9.17, 15) is 4.79 Å². The molecule has 1 unspecified atom stereocenters. The van der Waals surface area contributed by atoms with Crippen LogP contribution >= 0.6 is 11.8 Å². The van der Waals surface area contributed by atoms with E-state index in [0.29, 0.717) is 10.9 Å². The molecule has 0 aliphatic carbocycles. The van der Waals surface area contributed by atoms with Crippen LogP contribution in [0.5, 0.6) is 0 Å². The molecule has 0 radical (unpaired) electrons. The molecule has 1 aromatic heterocycles. The average Bonchev–Trinajstić information content (AvgIpc) is 2.19. The Morgan fingerprint density at radius 2 is 2.64 bits per heavy atom. The summed E-state index contributed by atoms with van der Waals surface area (Å²) in [6.45, 7) is 0. The molecule has 0 saturated carbocycles. The van der Waals surface area contributed by atoms with Crippen molar-refractivity contribution in [3.8, 4) is 6.07 Å². The maximum atomic E-state index is 10.9. The molecule has 0 fully saturated rings. The third-order valence-corrected chi connectivity index (χ3v) is 2.52. The van der Waals surface area contributed by atoms with Gasteiger partial charge in [0.1, 0.15) is 6.04 Å². The Morgan fingerprint density at radius 1 is 1.86 bits per heavy atom. The molecule has 1 atom stereocenters. The summed E-state index contributed by atoms with van der Waals surface area (Å²) < 4.78 is 0. The van der Waals surface area contributed by atoms with Crippen LogP contribution < -0.4 is 10.9 Å². The van der Waals surface area contributed by atoms with Gasteiger partial charge in [-0.3, -0.25) is 4.79 Å². The Kier molecular flexibility index (Phi) is 4.16. The van der Waals surface area contributed by atoms with Crippen molar-refractivity contribution in [3.63, 3.8) is 0 Å². The lowest BCUT2D eigenvalue weighted by Gasteiger charge is -2.05. The van der Waals surface area contributed by atoms with Crippen molar-refractivity contribution in [2.75, 3.05) is 12.8 Å². The second-order valence-electron chi connectivity index (χ2n) is 2.52. The number of nitrogens with zero attached hydrogens (tertiary/aromatic N) is 2. The summed E-state index contributed by atoms with van der Waals surface area (Å²) in [6.07, 6.45) is 1.45. The maximum absolute atomic E-state index is 10.9. The summed E-state index contributed by atoms with van der Waals surface area (Å²) in [7, 11) is 1.72. The van der Waals surface area contributed by atoms with Crippen LogP contribution in [0.15, 0.2) is 22.2 Å². The van der Waals surface area contributed by atoms with E-state index in [2.05, 4.69) is 21.4 Å². The molecule has 1 rings (SSSR count). The molecule has 0 spiro atoms. The van der Waals surface area contributed by atoms with Crippen molar-refractivity contribution >= 4 is 11.8 Å². The number of thioether (sulfide) groups is 1. The van der Waals surface area contributed by atoms with Gasteiger partial charge in [-0.25, -0.2) is 4.98 Å². The number of aromatic amines is 1. The lowest BCUT2D eigenvalue weighted by molar-refractivity contribution is 0.748. The van der Waals surface area contributed by atoms with Gasteiger partial charge >= 0.3 is 0 Å². The maximum Gasteiger partial charge on any atom is 0.251 e. The van der Waals surface area contributed by atoms with E-state index >= 15 is 0 Å². The van der Waals surface area contributed by atoms with Gasteiger partial charge in [0.2, 0.25) is 0 Å². The normalized spacial score (nSPS) is 12.0. The van der Waals surface area contributed by atoms with E-state index in [-0.39, 0.29) is 11.6 Å². The zero-order valence-corrected chi connectivity index (χ0v) is 8.47. The van der Waals surface area contributed by atoms with Gasteiger partial charge in [-0.2, -0.15) is 5.26 Å². The number of hydrogen-bond donors (Lipinski definition) is 2. The van der Waals surface area contributed by atoms with Crippen LogP contribution in [0.3, 0.4) is 0 Å². The SMILES string of the molecule is CNC(C#N)CSc1nccc(=O)[nH]1. The van der Waals surface area contributed by atoms with Gasteiger partial charge in [0.25, 0.3) is 5.56 Å². The van der Waals surface area contributed by atoms with Crippen LogP contribution in [0, 0.1) is 11.3 Å². The zero-order valence-electron chi connectivity index (χ0n) is 7.65. The van der Waals surface area contributed by atoms with Crippen LogP contribution in [0.1, 0.15) is 0 Å². The van der Waals surface area contributed by atoms with Gasteiger partial charge in [-0.1, -0.05) is 11.8 Å². The highest BCUT2D eigenvalue weighted by molar-refractivity contribution is 7.99. The number of nitrogens with one attached hydrogen (secondary N) is 2. The van der Waals surface area contributed by atoms with Crippen LogP contribution in [-0.2, 0) is 0 Å². The van der Waals surface area contributed by atoms with Crippen LogP contribution in [0.4, 0.5) is 0 Å². The molecule has 14 heavy (non-hydrogen) atoms. The van der Waals surface area contributed by atoms with E-state index in [0.717, 1.165) is 0 Å². The molecule has 5 nitrogen and oxygen atoms in total. The highest BCUT2D eigenvalue weighted by atomic mass is 32.2. The van der Waals surface area contributed by atoms with Crippen LogP contribution in [-0.4, -0.2) is 28.8 Å². The fourth-order valence-corrected chi connectivity index (χ4v) is 1.65. The molecule has 1 heterocycles. The summed E-state index contributed by atoms with van der Waals surface area (Å²) in [5.41, 5.74) is -0.180. The smallest absolute Gasteiger partial charge is 0.251 e. The number of H-pyrrole nitrogens is 1. The average molecular weight is 210 g/mol. The van der Waals surface area contributed by atoms with Crippen molar-refractivity contribution in [3.05, 3.63) is 22.6 Å². The third-order valence-electron chi connectivity index (χ3n) is 1.54. The van der Waals surface area contributed by atoms with Gasteiger partial charge in [0, 0.05) is 18.0 Å². The largest absolute Gasteiger partial charge is 0.304 e. The Hall–Kier alpha value is -1.32. The molecular formula is C8H10N4OS. The molecule has 74 valence electrons. The van der Waals surface area contributed by atoms with Crippen molar-refractivity contribution in [1.82, 2.24) is 15.3 Å². The first kappa shape index (κ1) is 10.8. The van der Waals surface area contributed by atoms with Crippen molar-refractivity contribution < 1.29 is 0 Å². The van der Waals surface area contributed by atoms with Crippen LogP contribution in [0.25, 0.3) is 0 Å². The highest BCUT2D eigenvalue weighted by Crippen LogP contribution is 2.10. The van der Waals surface area contributed by atoms with Gasteiger partial charge in [-0.15, -0.1) is 0 Å². The van der Waals surface area contributed by atoms with Gasteiger partial charge in [0.05, 0.1) is 6.07 Å². The second-order valence-corrected chi connectivity index (χ2v) is 3.53. The quantitative estimate of drug-likeness (QED) is 0.539. The van der Waals surface area contributed by atoms with E-state index in [1.54, 1.807) is 7.05 Å². The van der Waals surface area contributed by atoms with E-state index < -0.39 is 0 Å². The molecule has 0 saturated heterocycles. The van der Waals surface area contributed by atoms with E-state index in [1.165, 1.54) is 24.0 Å². The topological polar surface area (TPSA) is 81.6 Å². The molecule has 0 bridgehead atoms. The fourth-order valence-electron chi connectivity index (χ4n) is 0.773. The van der Waals surface area contributed by atoms with Gasteiger partial charge < -0.3 is 10.3 Å². The van der Waals surface area contributed by atoms with Crippen molar-refractivity contribution in [1.29, 1.82) is 5.26 Å². The molecule has 0 aromatic carbocycles. The Labute approximate surface area is 85.6 Å². The van der Waals surface area contributed by atoms with Gasteiger partial charge in [0.15, 0.2) is 5.16 Å². The molecule has 0 aliphatic rings. The van der Waals surface area contributed by atoms with Gasteiger partial charge in [-0.05, 0) is 7.05 Å². The number of hydrogen-bond acceptors (Lipinski definition) is 5. The number of aromatic nitrogens is 2. The molecule has 0 aliphatic heterocycles. The molecule has 2 N–H and O–H groups in total. The summed E-state index contributed by atoms with van der Waals surface area (Å²) in [4.78, 5) is 17.4. The van der Waals surface area contributed by atoms with E-state index in [4.69, 9.17) is 5.26 Å². The lowest BCUT2D eigenvalue weighted by atomic mass is 10.4. The van der Waals surface area contributed by atoms with Crippen LogP contribution in [0.2, 0.25) is 0 Å². The van der Waals surface area contributed by atoms with Crippen molar-refractivity contribution in [2.24, 2.45) is 0 Å². The lowest BCUT2D eigenvalue weighted by Crippen LogP contribution is -2.25. The molecule has 6 heteroatoms. The molecular weight excluding hydrogens is 200 g/mol. The molecule has 0 amide bonds. The highest BCUT2D eigenvalue weighted by Gasteiger charge is 2.05. The Bertz CT molecular complexity index is 383. The summed E-state index contributed by atoms with van der Waals surface area (Å²) in [5.74, 6) is 0.556. The number of rotatable bonds is 4. The first-order chi connectivity index (χ1) is 6.76. The monoisotopic (exact) mass is 210 g/mol. The second kappa shape index (κ2) is 5.42. The third kappa shape index (κ3) is 3.20. The first-order valence-corrected chi connectivity index (χ1v) is 5.00. The fraction of sp³-hybridized carbons (Fsp3) is 0.375. The number of nitriles is 1. The zero-order chi connectivity index (χ0) is 10.4.